The molecule has 0 unspecified atom stereocenters. The molecule has 0 aliphatic heterocycles. The van der Waals surface area contributed by atoms with E-state index in [1.807, 2.05) is 0 Å². The van der Waals surface area contributed by atoms with E-state index in [4.69, 9.17) is 9.39 Å². The molecule has 0 saturated carbocycles. The highest BCUT2D eigenvalue weighted by Gasteiger charge is 2.36. The Labute approximate surface area is 188 Å². The summed E-state index contributed by atoms with van der Waals surface area (Å²) in [5.74, 6) is -1.73. The van der Waals surface area contributed by atoms with Gasteiger partial charge in [-0.2, -0.15) is 0 Å². The molecule has 0 heterocycles. The summed E-state index contributed by atoms with van der Waals surface area (Å²) in [4.78, 5) is 12.0. The number of ether oxygens (including phenoxy) is 1. The molecular formula is C25H28BF2O4. The summed E-state index contributed by atoms with van der Waals surface area (Å²) >= 11 is 0. The molecule has 3 rings (SSSR count). The average Bonchev–Trinajstić information content (AvgIpc) is 2.89. The van der Waals surface area contributed by atoms with Crippen molar-refractivity contribution in [3.8, 4) is 0 Å². The number of fused-ring (bicyclic) bond motifs is 1. The van der Waals surface area contributed by atoms with Crippen molar-refractivity contribution in [1.82, 2.24) is 0 Å². The van der Waals surface area contributed by atoms with Gasteiger partial charge >= 0.3 is 13.5 Å². The maximum absolute atomic E-state index is 14.8. The van der Waals surface area contributed by atoms with Gasteiger partial charge in [-0.3, -0.25) is 0 Å². The van der Waals surface area contributed by atoms with Gasteiger partial charge < -0.3 is 14.5 Å². The van der Waals surface area contributed by atoms with Crippen LogP contribution in [0.1, 0.15) is 67.6 Å². The molecule has 1 N–H and O–H groups in total. The van der Waals surface area contributed by atoms with E-state index in [0.717, 1.165) is 17.2 Å². The first-order valence-electron chi connectivity index (χ1n) is 10.6. The van der Waals surface area contributed by atoms with Crippen LogP contribution in [-0.2, 0) is 15.8 Å². The van der Waals surface area contributed by atoms with Crippen LogP contribution in [0.25, 0.3) is 11.0 Å². The first-order valence-corrected chi connectivity index (χ1v) is 10.6. The van der Waals surface area contributed by atoms with Gasteiger partial charge in [0.15, 0.2) is 0 Å². The molecular weight excluding hydrogens is 413 g/mol. The molecule has 0 bridgehead atoms. The Morgan fingerprint density at radius 1 is 1.03 bits per heavy atom. The summed E-state index contributed by atoms with van der Waals surface area (Å²) in [5.41, 5.74) is 1.66. The molecule has 1 aliphatic rings. The number of benzene rings is 2. The monoisotopic (exact) mass is 441 g/mol. The zero-order valence-corrected chi connectivity index (χ0v) is 19.1. The third kappa shape index (κ3) is 4.94. The van der Waals surface area contributed by atoms with Gasteiger partial charge in [0.05, 0.1) is 23.9 Å². The van der Waals surface area contributed by atoms with Crippen LogP contribution in [0.5, 0.6) is 0 Å². The Morgan fingerprint density at radius 2 is 1.72 bits per heavy atom. The third-order valence-corrected chi connectivity index (χ3v) is 6.22. The Bertz CT molecular complexity index is 1050. The van der Waals surface area contributed by atoms with E-state index in [1.54, 1.807) is 45.9 Å². The number of allylic oxidation sites excluding steroid dienone is 1. The zero-order valence-electron chi connectivity index (χ0n) is 19.1. The summed E-state index contributed by atoms with van der Waals surface area (Å²) in [6, 6.07) is 8.76. The lowest BCUT2D eigenvalue weighted by atomic mass is 9.73. The number of esters is 1. The largest absolute Gasteiger partial charge is 0.465 e. The van der Waals surface area contributed by atoms with E-state index in [2.05, 4.69) is 0 Å². The van der Waals surface area contributed by atoms with E-state index in [9.17, 15) is 18.7 Å². The Morgan fingerprint density at radius 3 is 2.34 bits per heavy atom. The van der Waals surface area contributed by atoms with Gasteiger partial charge in [-0.25, -0.2) is 13.6 Å². The van der Waals surface area contributed by atoms with Gasteiger partial charge in [0, 0.05) is 11.6 Å². The van der Waals surface area contributed by atoms with Crippen molar-refractivity contribution >= 4 is 24.5 Å². The Hall–Kier alpha value is -2.51. The standard InChI is InChI=1S/C25H28BF2O4/c1-24(2,30)25(3,4)32-26-22-18-11-9-16(23(29)31-5)13-15(18)7-6-8-20(22)19-12-10-17(27)14-21(19)28/h9-14,30H,6-8H2,1-5H3. The molecule has 0 amide bonds. The van der Waals surface area contributed by atoms with Gasteiger partial charge in [0.2, 0.25) is 0 Å². The minimum Gasteiger partial charge on any atom is -0.465 e. The molecule has 4 nitrogen and oxygen atoms in total. The second kappa shape index (κ2) is 9.16. The average molecular weight is 441 g/mol. The van der Waals surface area contributed by atoms with Crippen molar-refractivity contribution in [2.24, 2.45) is 0 Å². The van der Waals surface area contributed by atoms with Crippen molar-refractivity contribution in [3.63, 3.8) is 0 Å². The molecule has 169 valence electrons. The molecule has 0 spiro atoms. The zero-order chi connectivity index (χ0) is 23.7. The summed E-state index contributed by atoms with van der Waals surface area (Å²) in [5, 5.41) is 10.5. The third-order valence-electron chi connectivity index (χ3n) is 6.22. The normalized spacial score (nSPS) is 14.6. The van der Waals surface area contributed by atoms with Gasteiger partial charge in [0.25, 0.3) is 0 Å². The Balaban J connectivity index is 2.16. The van der Waals surface area contributed by atoms with Crippen LogP contribution in [0.15, 0.2) is 36.4 Å². The quantitative estimate of drug-likeness (QED) is 0.498. The van der Waals surface area contributed by atoms with Crippen molar-refractivity contribution in [2.45, 2.75) is 58.2 Å². The molecule has 2 aromatic carbocycles. The van der Waals surface area contributed by atoms with E-state index in [0.29, 0.717) is 41.4 Å². The molecule has 32 heavy (non-hydrogen) atoms. The lowest BCUT2D eigenvalue weighted by Gasteiger charge is -2.38. The smallest absolute Gasteiger partial charge is 0.337 e. The first-order chi connectivity index (χ1) is 14.9. The van der Waals surface area contributed by atoms with Crippen molar-refractivity contribution in [3.05, 3.63) is 70.3 Å². The van der Waals surface area contributed by atoms with E-state index in [-0.39, 0.29) is 0 Å². The molecule has 0 fully saturated rings. The van der Waals surface area contributed by atoms with Crippen LogP contribution < -0.4 is 0 Å². The number of hydrogen-bond acceptors (Lipinski definition) is 4. The fourth-order valence-electron chi connectivity index (χ4n) is 3.56. The molecule has 1 aliphatic carbocycles. The first kappa shape index (κ1) is 24.1. The fourth-order valence-corrected chi connectivity index (χ4v) is 3.56. The molecule has 0 saturated heterocycles. The number of carbonyl (C=O) groups excluding carboxylic acids is 1. The number of aryl methyl sites for hydroxylation is 1. The molecule has 7 heteroatoms. The van der Waals surface area contributed by atoms with E-state index >= 15 is 0 Å². The van der Waals surface area contributed by atoms with E-state index in [1.165, 1.54) is 26.7 Å². The van der Waals surface area contributed by atoms with Gasteiger partial charge in [-0.1, -0.05) is 6.07 Å². The predicted molar refractivity (Wildman–Crippen MR) is 121 cm³/mol. The van der Waals surface area contributed by atoms with Crippen LogP contribution in [0, 0.1) is 11.6 Å². The summed E-state index contributed by atoms with van der Waals surface area (Å²) in [6.07, 6.45) is 1.90. The molecule has 1 radical (unpaired) electrons. The number of halogens is 2. The highest BCUT2D eigenvalue weighted by atomic mass is 19.1. The maximum Gasteiger partial charge on any atom is 0.337 e. The SMILES string of the molecule is COC(=O)c1ccc2c(c1)CCCC(c1ccc(F)cc1F)=C2[B]OC(C)(C)C(C)(C)O. The Kier molecular flexibility index (Phi) is 6.91. The van der Waals surface area contributed by atoms with Crippen LogP contribution >= 0.6 is 0 Å². The van der Waals surface area contributed by atoms with Crippen molar-refractivity contribution in [2.75, 3.05) is 7.11 Å². The lowest BCUT2D eigenvalue weighted by molar-refractivity contribution is -0.0892. The maximum atomic E-state index is 14.8. The minimum atomic E-state index is -1.15. The van der Waals surface area contributed by atoms with Gasteiger partial charge in [-0.15, -0.1) is 0 Å². The second-order valence-electron chi connectivity index (χ2n) is 9.04. The number of rotatable bonds is 6. The van der Waals surface area contributed by atoms with Crippen molar-refractivity contribution in [1.29, 1.82) is 0 Å². The fraction of sp³-hybridized carbons (Fsp3) is 0.400. The summed E-state index contributed by atoms with van der Waals surface area (Å²) in [6.45, 7) is 6.83. The summed E-state index contributed by atoms with van der Waals surface area (Å²) in [7, 11) is 2.87. The van der Waals surface area contributed by atoms with Crippen LogP contribution in [-0.4, -0.2) is 36.9 Å². The van der Waals surface area contributed by atoms with E-state index < -0.39 is 28.8 Å². The molecule has 2 aromatic rings. The van der Waals surface area contributed by atoms with Gasteiger partial charge in [0.1, 0.15) is 11.6 Å². The summed E-state index contributed by atoms with van der Waals surface area (Å²) < 4.78 is 39.2. The van der Waals surface area contributed by atoms with Crippen molar-refractivity contribution < 1.29 is 28.1 Å². The highest BCUT2D eigenvalue weighted by Crippen LogP contribution is 2.38. The molecule has 0 aromatic heterocycles. The number of hydrogen-bond donors (Lipinski definition) is 1. The second-order valence-corrected chi connectivity index (χ2v) is 9.04. The number of methoxy groups -OCH3 is 1. The lowest BCUT2D eigenvalue weighted by Crippen LogP contribution is -2.48. The van der Waals surface area contributed by atoms with Crippen LogP contribution in [0.4, 0.5) is 8.78 Å². The van der Waals surface area contributed by atoms with Gasteiger partial charge in [-0.05, 0) is 93.4 Å². The topological polar surface area (TPSA) is 55.8 Å². The number of carbonyl (C=O) groups is 1. The molecule has 0 atom stereocenters. The minimum absolute atomic E-state index is 0.298. The number of aliphatic hydroxyl groups is 1. The predicted octanol–water partition coefficient (Wildman–Crippen LogP) is 5.14. The highest BCUT2D eigenvalue weighted by molar-refractivity contribution is 6.58. The van der Waals surface area contributed by atoms with Crippen LogP contribution in [0.2, 0.25) is 0 Å². The van der Waals surface area contributed by atoms with Crippen LogP contribution in [0.3, 0.4) is 0 Å².